The molecule has 20 heteroatoms. The number of phenolic OH excluding ortho intramolecular Hbond substituents is 1. The zero-order valence-electron chi connectivity index (χ0n) is 44.5. The average molecular weight is 1080 g/mol. The lowest BCUT2D eigenvalue weighted by Crippen LogP contribution is -2.53. The Bertz CT molecular complexity index is 3180. The maximum Gasteiger partial charge on any atom is 0.260 e. The van der Waals surface area contributed by atoms with E-state index in [1.54, 1.807) is 123 Å². The van der Waals surface area contributed by atoms with Crippen LogP contribution in [0.5, 0.6) is 23.0 Å². The smallest absolute Gasteiger partial charge is 0.260 e. The molecule has 0 aromatic heterocycles. The zero-order valence-corrected chi connectivity index (χ0v) is 44.5. The highest BCUT2D eigenvalue weighted by Gasteiger charge is 2.41. The van der Waals surface area contributed by atoms with Crippen molar-refractivity contribution in [2.24, 2.45) is 15.9 Å². The molecule has 1 unspecified atom stereocenters. The fraction of sp³-hybridized carbons (Fsp3) is 0.339. The number of phenols is 1. The van der Waals surface area contributed by atoms with Gasteiger partial charge in [0.25, 0.3) is 23.6 Å². The first-order valence-electron chi connectivity index (χ1n) is 26.2. The van der Waals surface area contributed by atoms with Crippen LogP contribution in [0.15, 0.2) is 113 Å². The number of ether oxygens (including phenoxy) is 4. The number of hydrogen-bond acceptors (Lipinski definition) is 14. The maximum absolute atomic E-state index is 14.1. The van der Waals surface area contributed by atoms with Crippen LogP contribution in [0.3, 0.4) is 0 Å². The molecule has 79 heavy (non-hydrogen) atoms. The number of fused-ring (bicyclic) bond motifs is 4. The van der Waals surface area contributed by atoms with Gasteiger partial charge in [-0.15, -0.1) is 0 Å². The topological polar surface area (TPSA) is 247 Å². The second-order valence-electron chi connectivity index (χ2n) is 20.0. The molecule has 0 spiro atoms. The Morgan fingerprint density at radius 1 is 0.709 bits per heavy atom. The Balaban J connectivity index is 0.740. The molecular formula is C59H62N8O12. The third kappa shape index (κ3) is 12.3. The summed E-state index contributed by atoms with van der Waals surface area (Å²) < 4.78 is 23.8. The number of methoxy groups -OCH3 is 2. The monoisotopic (exact) mass is 1070 g/mol. The second-order valence-corrected chi connectivity index (χ2v) is 20.0. The van der Waals surface area contributed by atoms with Crippen molar-refractivity contribution < 1.29 is 57.6 Å². The molecule has 20 nitrogen and oxygen atoms in total. The number of rotatable bonds is 22. The van der Waals surface area contributed by atoms with Gasteiger partial charge in [0.05, 0.1) is 48.9 Å². The predicted octanol–water partition coefficient (Wildman–Crippen LogP) is 6.89. The molecule has 0 aliphatic carbocycles. The Hall–Kier alpha value is -8.91. The van der Waals surface area contributed by atoms with Crippen molar-refractivity contribution in [2.45, 2.75) is 89.6 Å². The fourth-order valence-electron chi connectivity index (χ4n) is 9.88. The summed E-state index contributed by atoms with van der Waals surface area (Å²) >= 11 is 0. The number of unbranched alkanes of at least 4 members (excludes halogenated alkanes) is 2. The molecule has 4 aromatic carbocycles. The van der Waals surface area contributed by atoms with E-state index in [0.29, 0.717) is 77.5 Å². The predicted molar refractivity (Wildman–Crippen MR) is 295 cm³/mol. The quantitative estimate of drug-likeness (QED) is 0.0465. The van der Waals surface area contributed by atoms with Crippen LogP contribution in [0.4, 0.5) is 17.1 Å². The number of benzene rings is 4. The molecular weight excluding hydrogens is 1010 g/mol. The fourth-order valence-corrected chi connectivity index (χ4v) is 9.88. The van der Waals surface area contributed by atoms with Crippen molar-refractivity contribution >= 4 is 82.0 Å². The van der Waals surface area contributed by atoms with Gasteiger partial charge < -0.3 is 49.8 Å². The van der Waals surface area contributed by atoms with E-state index in [-0.39, 0.29) is 73.4 Å². The Kier molecular flexibility index (Phi) is 16.8. The molecule has 0 fully saturated rings. The summed E-state index contributed by atoms with van der Waals surface area (Å²) in [7, 11) is 3.08. The maximum atomic E-state index is 14.1. The van der Waals surface area contributed by atoms with Gasteiger partial charge in [-0.25, -0.2) is 0 Å². The van der Waals surface area contributed by atoms with Gasteiger partial charge in [-0.1, -0.05) is 44.5 Å². The standard InChI is InChI=1S/C59H62N8O12/c1-34(2)54(64-51(69)10-7-6-8-23-65-52(70)21-22-53(65)71)57(73)62-35(3)56(72)63-39-15-11-37(12-16-39)45-33-67-48(55(45)77-5)31-61-46-27-42(19-20-43(46)58(67)74)78-24-9-25-79-50-29-47-44(28-49(50)76-4)59(75)66-32-38(26-40(66)30-60-47)36-13-17-41(68)18-14-36/h11-22,27-35,40,48,54-55,68H,6-10,23-26H2,1-5H3,(H,62,73)(H,63,72)(H,64,69)/t35-,40-,48?,54-,55-/m0/s1. The van der Waals surface area contributed by atoms with Gasteiger partial charge in [-0.2, -0.15) is 0 Å². The Morgan fingerprint density at radius 3 is 2.13 bits per heavy atom. The highest BCUT2D eigenvalue weighted by molar-refractivity contribution is 6.13. The summed E-state index contributed by atoms with van der Waals surface area (Å²) in [5, 5.41) is 18.0. The van der Waals surface area contributed by atoms with Gasteiger partial charge in [0.2, 0.25) is 17.7 Å². The normalized spacial score (nSPS) is 18.7. The molecule has 4 N–H and O–H groups in total. The first-order valence-corrected chi connectivity index (χ1v) is 26.2. The van der Waals surface area contributed by atoms with Crippen molar-refractivity contribution in [2.75, 3.05) is 39.3 Å². The largest absolute Gasteiger partial charge is 0.508 e. The lowest BCUT2D eigenvalue weighted by molar-refractivity contribution is -0.137. The number of anilines is 1. The molecule has 0 saturated heterocycles. The van der Waals surface area contributed by atoms with Crippen LogP contribution in [-0.4, -0.2) is 138 Å². The summed E-state index contributed by atoms with van der Waals surface area (Å²) in [5.41, 5.74) is 5.53. The summed E-state index contributed by atoms with van der Waals surface area (Å²) in [6, 6.07) is 19.8. The van der Waals surface area contributed by atoms with Gasteiger partial charge in [-0.3, -0.25) is 48.4 Å². The minimum Gasteiger partial charge on any atom is -0.508 e. The van der Waals surface area contributed by atoms with Crippen LogP contribution in [-0.2, 0) is 28.7 Å². The lowest BCUT2D eigenvalue weighted by Gasteiger charge is -2.24. The van der Waals surface area contributed by atoms with E-state index >= 15 is 0 Å². The van der Waals surface area contributed by atoms with E-state index in [2.05, 4.69) is 20.9 Å². The van der Waals surface area contributed by atoms with E-state index < -0.39 is 36.0 Å². The average Bonchev–Trinajstić information content (AvgIpc) is 4.34. The third-order valence-electron chi connectivity index (χ3n) is 14.2. The number of hydrogen-bond donors (Lipinski definition) is 4. The molecule has 5 atom stereocenters. The lowest BCUT2D eigenvalue weighted by atomic mass is 9.99. The number of amides is 7. The van der Waals surface area contributed by atoms with E-state index in [1.807, 2.05) is 18.3 Å². The number of nitrogens with zero attached hydrogens (tertiary/aromatic N) is 5. The summed E-state index contributed by atoms with van der Waals surface area (Å²) in [6.07, 6.45) is 11.8. The molecule has 5 aliphatic heterocycles. The van der Waals surface area contributed by atoms with Crippen LogP contribution in [0.2, 0.25) is 0 Å². The molecule has 0 saturated carbocycles. The molecule has 4 aromatic rings. The molecule has 410 valence electrons. The second kappa shape index (κ2) is 24.2. The summed E-state index contributed by atoms with van der Waals surface area (Å²) in [4.78, 5) is 105. The van der Waals surface area contributed by atoms with Crippen LogP contribution >= 0.6 is 0 Å². The van der Waals surface area contributed by atoms with Crippen LogP contribution < -0.4 is 30.2 Å². The SMILES string of the molecule is COc1cc2c(cc1OCCCOc1ccc3c(c1)N=CC1[C@@H](OC)C(c4ccc(NC(=O)[C@H](C)NC(=O)[C@@H](NC(=O)CCCCCN5C(=O)C=CC5=O)C(C)C)cc4)=CN1C3=O)N=C[C@@H]1CC(c3ccc(O)cc3)=CN1C2=O. The number of nitrogens with one attached hydrogen (secondary N) is 3. The van der Waals surface area contributed by atoms with E-state index in [1.165, 1.54) is 19.3 Å². The van der Waals surface area contributed by atoms with E-state index in [4.69, 9.17) is 23.9 Å². The molecule has 7 amide bonds. The van der Waals surface area contributed by atoms with Crippen molar-refractivity contribution in [1.82, 2.24) is 25.3 Å². The Labute approximate surface area is 456 Å². The molecule has 9 rings (SSSR count). The zero-order chi connectivity index (χ0) is 55.9. The highest BCUT2D eigenvalue weighted by atomic mass is 16.5. The number of imide groups is 1. The van der Waals surface area contributed by atoms with Gasteiger partial charge in [0.15, 0.2) is 11.5 Å². The van der Waals surface area contributed by atoms with Crippen LogP contribution in [0.1, 0.15) is 91.1 Å². The number of aromatic hydroxyl groups is 1. The van der Waals surface area contributed by atoms with Crippen molar-refractivity contribution in [3.63, 3.8) is 0 Å². The molecule has 5 heterocycles. The molecule has 0 bridgehead atoms. The van der Waals surface area contributed by atoms with Gasteiger partial charge in [-0.05, 0) is 84.8 Å². The number of carbonyl (C=O) groups is 7. The van der Waals surface area contributed by atoms with E-state index in [9.17, 15) is 38.7 Å². The molecule has 0 radical (unpaired) electrons. The van der Waals surface area contributed by atoms with Gasteiger partial charge in [0.1, 0.15) is 35.7 Å². The van der Waals surface area contributed by atoms with Gasteiger partial charge >= 0.3 is 0 Å². The first kappa shape index (κ1) is 54.9. The highest BCUT2D eigenvalue weighted by Crippen LogP contribution is 2.41. The summed E-state index contributed by atoms with van der Waals surface area (Å²) in [5.74, 6) is -1.20. The van der Waals surface area contributed by atoms with Gasteiger partial charge in [0, 0.05) is 93.3 Å². The molecule has 5 aliphatic rings. The summed E-state index contributed by atoms with van der Waals surface area (Å²) in [6.45, 7) is 5.98. The third-order valence-corrected chi connectivity index (χ3v) is 14.2. The van der Waals surface area contributed by atoms with Crippen molar-refractivity contribution in [3.05, 3.63) is 126 Å². The van der Waals surface area contributed by atoms with E-state index in [0.717, 1.165) is 27.2 Å². The minimum atomic E-state index is -0.942. The van der Waals surface area contributed by atoms with Crippen LogP contribution in [0, 0.1) is 5.92 Å². The minimum absolute atomic E-state index is 0.157. The van der Waals surface area contributed by atoms with Crippen molar-refractivity contribution in [3.8, 4) is 23.0 Å². The van der Waals surface area contributed by atoms with Crippen molar-refractivity contribution in [1.29, 1.82) is 0 Å². The first-order chi connectivity index (χ1) is 38.1. The Morgan fingerprint density at radius 2 is 1.41 bits per heavy atom. The number of aliphatic imine (C=N–C) groups is 2. The number of carbonyl (C=O) groups excluding carboxylic acids is 7. The van der Waals surface area contributed by atoms with Crippen LogP contribution in [0.25, 0.3) is 11.1 Å².